The fourth-order valence-electron chi connectivity index (χ4n) is 1.80. The van der Waals surface area contributed by atoms with Crippen LogP contribution in [0.4, 0.5) is 10.1 Å². The number of amides is 1. The molecule has 2 rings (SSSR count). The highest BCUT2D eigenvalue weighted by atomic mass is 79.9. The number of nitrogens with one attached hydrogen (secondary N) is 1. The van der Waals surface area contributed by atoms with Crippen molar-refractivity contribution in [2.24, 2.45) is 0 Å². The van der Waals surface area contributed by atoms with Crippen molar-refractivity contribution in [1.29, 1.82) is 0 Å². The van der Waals surface area contributed by atoms with E-state index >= 15 is 0 Å². The first kappa shape index (κ1) is 14.5. The van der Waals surface area contributed by atoms with Crippen LogP contribution in [0.25, 0.3) is 0 Å². The van der Waals surface area contributed by atoms with E-state index in [0.717, 1.165) is 4.47 Å². The summed E-state index contributed by atoms with van der Waals surface area (Å²) in [7, 11) is 1.55. The third-order valence-electron chi connectivity index (χ3n) is 2.85. The summed E-state index contributed by atoms with van der Waals surface area (Å²) in [6.45, 7) is 1.69. The summed E-state index contributed by atoms with van der Waals surface area (Å²) in [5, 5.41) is 2.77. The number of halogens is 2. The number of anilines is 1. The van der Waals surface area contributed by atoms with Crippen molar-refractivity contribution in [3.05, 3.63) is 57.8 Å². The predicted octanol–water partition coefficient (Wildman–Crippen LogP) is 4.16. The zero-order valence-corrected chi connectivity index (χ0v) is 12.6. The normalized spacial score (nSPS) is 10.2. The van der Waals surface area contributed by atoms with Crippen LogP contribution in [0.15, 0.2) is 40.9 Å². The van der Waals surface area contributed by atoms with Crippen LogP contribution in [-0.2, 0) is 0 Å². The van der Waals surface area contributed by atoms with Crippen molar-refractivity contribution in [2.75, 3.05) is 12.4 Å². The van der Waals surface area contributed by atoms with Gasteiger partial charge in [0.05, 0.1) is 12.8 Å². The summed E-state index contributed by atoms with van der Waals surface area (Å²) in [6, 6.07) is 9.34. The summed E-state index contributed by atoms with van der Waals surface area (Å²) in [5.41, 5.74) is 1.61. The fourth-order valence-corrected chi connectivity index (χ4v) is 2.14. The molecule has 0 aromatic heterocycles. The lowest BCUT2D eigenvalue weighted by Gasteiger charge is -2.10. The Balaban J connectivity index is 2.27. The van der Waals surface area contributed by atoms with Gasteiger partial charge in [0.25, 0.3) is 5.91 Å². The van der Waals surface area contributed by atoms with E-state index in [4.69, 9.17) is 4.74 Å². The molecule has 2 aromatic rings. The summed E-state index contributed by atoms with van der Waals surface area (Å²) in [4.78, 5) is 12.2. The third-order valence-corrected chi connectivity index (χ3v) is 3.55. The van der Waals surface area contributed by atoms with E-state index in [1.54, 1.807) is 32.2 Å². The minimum absolute atomic E-state index is 0.295. The lowest BCUT2D eigenvalue weighted by atomic mass is 10.1. The predicted molar refractivity (Wildman–Crippen MR) is 79.8 cm³/mol. The number of methoxy groups -OCH3 is 1. The van der Waals surface area contributed by atoms with Gasteiger partial charge in [-0.1, -0.05) is 0 Å². The lowest BCUT2D eigenvalue weighted by molar-refractivity contribution is 0.102. The Labute approximate surface area is 124 Å². The van der Waals surface area contributed by atoms with Gasteiger partial charge in [0, 0.05) is 16.1 Å². The van der Waals surface area contributed by atoms with Crippen LogP contribution in [0.3, 0.4) is 0 Å². The van der Waals surface area contributed by atoms with Gasteiger partial charge in [0.2, 0.25) is 0 Å². The summed E-state index contributed by atoms with van der Waals surface area (Å²) < 4.78 is 18.9. The molecule has 104 valence electrons. The van der Waals surface area contributed by atoms with Gasteiger partial charge in [-0.3, -0.25) is 4.79 Å². The average molecular weight is 338 g/mol. The largest absolute Gasteiger partial charge is 0.497 e. The number of carbonyl (C=O) groups excluding carboxylic acids is 1. The van der Waals surface area contributed by atoms with Gasteiger partial charge in [0.1, 0.15) is 11.6 Å². The number of hydrogen-bond acceptors (Lipinski definition) is 2. The monoisotopic (exact) mass is 337 g/mol. The van der Waals surface area contributed by atoms with E-state index in [1.165, 1.54) is 18.2 Å². The zero-order valence-electron chi connectivity index (χ0n) is 11.0. The second-order valence-corrected chi connectivity index (χ2v) is 5.11. The van der Waals surface area contributed by atoms with Gasteiger partial charge in [-0.2, -0.15) is 0 Å². The van der Waals surface area contributed by atoms with E-state index in [1.807, 2.05) is 0 Å². The number of benzene rings is 2. The van der Waals surface area contributed by atoms with Crippen LogP contribution < -0.4 is 10.1 Å². The molecule has 0 aliphatic rings. The van der Waals surface area contributed by atoms with E-state index in [-0.39, 0.29) is 11.7 Å². The van der Waals surface area contributed by atoms with Crippen molar-refractivity contribution < 1.29 is 13.9 Å². The third kappa shape index (κ3) is 3.17. The smallest absolute Gasteiger partial charge is 0.255 e. The molecule has 0 atom stereocenters. The van der Waals surface area contributed by atoms with Gasteiger partial charge < -0.3 is 10.1 Å². The number of aryl methyl sites for hydroxylation is 1. The molecule has 0 heterocycles. The second kappa shape index (κ2) is 6.05. The van der Waals surface area contributed by atoms with Crippen LogP contribution >= 0.6 is 15.9 Å². The minimum Gasteiger partial charge on any atom is -0.497 e. The molecule has 0 aliphatic carbocycles. The highest BCUT2D eigenvalue weighted by Crippen LogP contribution is 2.27. The molecule has 2 aromatic carbocycles. The molecule has 1 N–H and O–H groups in total. The Morgan fingerprint density at radius 3 is 2.65 bits per heavy atom. The molecule has 3 nitrogen and oxygen atoms in total. The number of ether oxygens (including phenoxy) is 1. The van der Waals surface area contributed by atoms with E-state index < -0.39 is 0 Å². The highest BCUT2D eigenvalue weighted by Gasteiger charge is 2.12. The van der Waals surface area contributed by atoms with Crippen molar-refractivity contribution in [3.63, 3.8) is 0 Å². The Kier molecular flexibility index (Phi) is 4.39. The molecule has 0 aliphatic heterocycles. The maximum atomic E-state index is 13.0. The second-order valence-electron chi connectivity index (χ2n) is 4.26. The van der Waals surface area contributed by atoms with Gasteiger partial charge >= 0.3 is 0 Å². The molecular formula is C15H13BrFNO2. The average Bonchev–Trinajstić information content (AvgIpc) is 2.41. The zero-order chi connectivity index (χ0) is 14.7. The van der Waals surface area contributed by atoms with Crippen LogP contribution in [-0.4, -0.2) is 13.0 Å². The molecule has 0 unspecified atom stereocenters. The first-order chi connectivity index (χ1) is 9.51. The molecule has 1 amide bonds. The molecular weight excluding hydrogens is 325 g/mol. The summed E-state index contributed by atoms with van der Waals surface area (Å²) in [5.74, 6) is -0.0163. The number of hydrogen-bond donors (Lipinski definition) is 1. The lowest BCUT2D eigenvalue weighted by Crippen LogP contribution is -2.14. The van der Waals surface area contributed by atoms with Crippen molar-refractivity contribution >= 4 is 27.5 Å². The Bertz CT molecular complexity index is 658. The van der Waals surface area contributed by atoms with Gasteiger partial charge in [0.15, 0.2) is 0 Å². The Hall–Kier alpha value is -1.88. The quantitative estimate of drug-likeness (QED) is 0.913. The van der Waals surface area contributed by atoms with Crippen molar-refractivity contribution in [3.8, 4) is 5.75 Å². The van der Waals surface area contributed by atoms with Crippen molar-refractivity contribution in [1.82, 2.24) is 0 Å². The first-order valence-electron chi connectivity index (χ1n) is 5.92. The maximum Gasteiger partial charge on any atom is 0.255 e. The SMILES string of the molecule is COc1ccc(Br)c(NC(=O)c2ccc(F)cc2C)c1. The topological polar surface area (TPSA) is 38.3 Å². The molecule has 20 heavy (non-hydrogen) atoms. The molecule has 0 radical (unpaired) electrons. The van der Waals surface area contributed by atoms with E-state index in [0.29, 0.717) is 22.6 Å². The Morgan fingerprint density at radius 2 is 2.00 bits per heavy atom. The van der Waals surface area contributed by atoms with Gasteiger partial charge in [-0.25, -0.2) is 4.39 Å². The standard InChI is InChI=1S/C15H13BrFNO2/c1-9-7-10(17)3-5-12(9)15(19)18-14-8-11(20-2)4-6-13(14)16/h3-8H,1-2H3,(H,18,19). The fraction of sp³-hybridized carbons (Fsp3) is 0.133. The van der Waals surface area contributed by atoms with Crippen LogP contribution in [0.5, 0.6) is 5.75 Å². The molecule has 0 bridgehead atoms. The van der Waals surface area contributed by atoms with Crippen LogP contribution in [0.1, 0.15) is 15.9 Å². The summed E-state index contributed by atoms with van der Waals surface area (Å²) >= 11 is 3.36. The molecule has 0 spiro atoms. The molecule has 0 saturated carbocycles. The molecule has 0 saturated heterocycles. The van der Waals surface area contributed by atoms with Gasteiger partial charge in [-0.05, 0) is 58.7 Å². The minimum atomic E-state index is -0.360. The van der Waals surface area contributed by atoms with Gasteiger partial charge in [-0.15, -0.1) is 0 Å². The van der Waals surface area contributed by atoms with Crippen LogP contribution in [0, 0.1) is 12.7 Å². The van der Waals surface area contributed by atoms with Crippen LogP contribution in [0.2, 0.25) is 0 Å². The van der Waals surface area contributed by atoms with E-state index in [2.05, 4.69) is 21.2 Å². The maximum absolute atomic E-state index is 13.0. The highest BCUT2D eigenvalue weighted by molar-refractivity contribution is 9.10. The van der Waals surface area contributed by atoms with E-state index in [9.17, 15) is 9.18 Å². The Morgan fingerprint density at radius 1 is 1.25 bits per heavy atom. The number of rotatable bonds is 3. The molecule has 0 fully saturated rings. The number of carbonyl (C=O) groups is 1. The molecule has 5 heteroatoms. The first-order valence-corrected chi connectivity index (χ1v) is 6.71. The van der Waals surface area contributed by atoms with Crippen molar-refractivity contribution in [2.45, 2.75) is 6.92 Å². The summed E-state index contributed by atoms with van der Waals surface area (Å²) in [6.07, 6.45) is 0.